The lowest BCUT2D eigenvalue weighted by molar-refractivity contribution is -0.132. The molecule has 5 heteroatoms. The van der Waals surface area contributed by atoms with Crippen LogP contribution in [0.3, 0.4) is 0 Å². The summed E-state index contributed by atoms with van der Waals surface area (Å²) in [5, 5.41) is 10.5. The number of allylic oxidation sites excluding steroid dienone is 2. The van der Waals surface area contributed by atoms with Gasteiger partial charge in [0.15, 0.2) is 0 Å². The van der Waals surface area contributed by atoms with E-state index >= 15 is 0 Å². The lowest BCUT2D eigenvalue weighted by Gasteiger charge is -2.02. The second kappa shape index (κ2) is 18.9. The van der Waals surface area contributed by atoms with Crippen LogP contribution in [-0.4, -0.2) is 22.9 Å². The average Bonchev–Trinajstić information content (AvgIpc) is 2.63. The van der Waals surface area contributed by atoms with Crippen molar-refractivity contribution in [3.8, 4) is 0 Å². The minimum Gasteiger partial charge on any atom is -0.478 e. The summed E-state index contributed by atoms with van der Waals surface area (Å²) in [4.78, 5) is 33.0. The second-order valence-corrected chi connectivity index (χ2v) is 6.92. The molecule has 0 aliphatic carbocycles. The maximum absolute atomic E-state index is 11.5. The molecule has 0 rings (SSSR count). The third-order valence-corrected chi connectivity index (χ3v) is 4.31. The number of rotatable bonds is 17. The van der Waals surface area contributed by atoms with Crippen LogP contribution in [0.5, 0.6) is 0 Å². The second-order valence-electron chi connectivity index (χ2n) is 6.92. The quantitative estimate of drug-likeness (QED) is 0.204. The molecule has 0 aromatic rings. The Morgan fingerprint density at radius 3 is 1.81 bits per heavy atom. The Hall–Kier alpha value is -1.91. The molecule has 0 aromatic carbocycles. The molecule has 5 nitrogen and oxygen atoms in total. The Morgan fingerprint density at radius 1 is 0.741 bits per heavy atom. The molecule has 0 aliphatic rings. The first kappa shape index (κ1) is 25.1. The highest BCUT2D eigenvalue weighted by Crippen LogP contribution is 2.09. The van der Waals surface area contributed by atoms with Crippen molar-refractivity contribution in [2.45, 2.75) is 96.8 Å². The van der Waals surface area contributed by atoms with Gasteiger partial charge in [-0.15, -0.1) is 0 Å². The van der Waals surface area contributed by atoms with Crippen molar-refractivity contribution in [2.75, 3.05) is 0 Å². The number of nitrogens with one attached hydrogen (secondary N) is 1. The van der Waals surface area contributed by atoms with E-state index < -0.39 is 11.9 Å². The molecule has 2 N–H and O–H groups in total. The fraction of sp³-hybridized carbons (Fsp3) is 0.682. The van der Waals surface area contributed by atoms with Gasteiger partial charge in [-0.05, 0) is 32.1 Å². The van der Waals surface area contributed by atoms with Crippen LogP contribution < -0.4 is 5.32 Å². The largest absolute Gasteiger partial charge is 0.478 e. The highest BCUT2D eigenvalue weighted by molar-refractivity contribution is 6.02. The van der Waals surface area contributed by atoms with Crippen LogP contribution in [0.25, 0.3) is 0 Å². The average molecular weight is 380 g/mol. The SMILES string of the molecule is CCCCCCCCC=CCCCCCCCC(=O)NC(=O)C=CC(=O)O. The summed E-state index contributed by atoms with van der Waals surface area (Å²) >= 11 is 0. The molecule has 0 spiro atoms. The molecule has 0 atom stereocenters. The molecule has 0 fully saturated rings. The van der Waals surface area contributed by atoms with Crippen LogP contribution in [0.4, 0.5) is 0 Å². The minimum atomic E-state index is -1.21. The van der Waals surface area contributed by atoms with Crippen molar-refractivity contribution in [3.63, 3.8) is 0 Å². The van der Waals surface area contributed by atoms with Crippen molar-refractivity contribution >= 4 is 17.8 Å². The first-order chi connectivity index (χ1) is 13.1. The Morgan fingerprint density at radius 2 is 1.26 bits per heavy atom. The van der Waals surface area contributed by atoms with Crippen LogP contribution in [0.15, 0.2) is 24.3 Å². The lowest BCUT2D eigenvalue weighted by Crippen LogP contribution is -2.28. The zero-order valence-electron chi connectivity index (χ0n) is 16.9. The van der Waals surface area contributed by atoms with E-state index in [-0.39, 0.29) is 5.91 Å². The highest BCUT2D eigenvalue weighted by Gasteiger charge is 2.05. The summed E-state index contributed by atoms with van der Waals surface area (Å²) < 4.78 is 0. The molecule has 0 unspecified atom stereocenters. The van der Waals surface area contributed by atoms with Crippen molar-refractivity contribution in [3.05, 3.63) is 24.3 Å². The standard InChI is InChI=1S/C22H37NO4/c1-2-3-4-5-6-7-8-9-10-11-12-13-14-15-16-17-20(24)23-21(25)18-19-22(26)27/h9-10,18-19H,2-8,11-17H2,1H3,(H,26,27)(H,23,24,25). The summed E-state index contributed by atoms with van der Waals surface area (Å²) in [6.45, 7) is 2.24. The summed E-state index contributed by atoms with van der Waals surface area (Å²) in [6, 6.07) is 0. The molecular weight excluding hydrogens is 342 g/mol. The first-order valence-electron chi connectivity index (χ1n) is 10.5. The Bertz CT molecular complexity index is 469. The fourth-order valence-electron chi connectivity index (χ4n) is 2.74. The zero-order valence-corrected chi connectivity index (χ0v) is 16.9. The van der Waals surface area contributed by atoms with Crippen LogP contribution in [-0.2, 0) is 14.4 Å². The van der Waals surface area contributed by atoms with Gasteiger partial charge in [0.25, 0.3) is 5.91 Å². The smallest absolute Gasteiger partial charge is 0.328 e. The minimum absolute atomic E-state index is 0.296. The molecule has 0 saturated heterocycles. The maximum atomic E-state index is 11.5. The Labute approximate surface area is 164 Å². The van der Waals surface area contributed by atoms with E-state index in [0.717, 1.165) is 38.2 Å². The van der Waals surface area contributed by atoms with Gasteiger partial charge in [-0.25, -0.2) is 4.79 Å². The van der Waals surface area contributed by atoms with Crippen LogP contribution >= 0.6 is 0 Å². The van der Waals surface area contributed by atoms with Gasteiger partial charge in [0.2, 0.25) is 5.91 Å². The number of imide groups is 1. The summed E-state index contributed by atoms with van der Waals surface area (Å²) in [7, 11) is 0. The van der Waals surface area contributed by atoms with Gasteiger partial charge in [0.05, 0.1) is 0 Å². The zero-order chi connectivity index (χ0) is 20.2. The molecule has 0 heterocycles. The van der Waals surface area contributed by atoms with Crippen molar-refractivity contribution in [1.29, 1.82) is 0 Å². The summed E-state index contributed by atoms with van der Waals surface area (Å²) in [5.41, 5.74) is 0. The Balaban J connectivity index is 3.39. The monoisotopic (exact) mass is 379 g/mol. The van der Waals surface area contributed by atoms with E-state index in [1.807, 2.05) is 0 Å². The van der Waals surface area contributed by atoms with E-state index in [4.69, 9.17) is 5.11 Å². The van der Waals surface area contributed by atoms with Crippen LogP contribution in [0.2, 0.25) is 0 Å². The van der Waals surface area contributed by atoms with E-state index in [1.54, 1.807) is 0 Å². The summed E-state index contributed by atoms with van der Waals surface area (Å²) in [6.07, 6.45) is 22.0. The molecule has 0 aromatic heterocycles. The van der Waals surface area contributed by atoms with Crippen molar-refractivity contribution < 1.29 is 19.5 Å². The number of carbonyl (C=O) groups excluding carboxylic acids is 2. The lowest BCUT2D eigenvalue weighted by atomic mass is 10.1. The summed E-state index contributed by atoms with van der Waals surface area (Å²) in [5.74, 6) is -2.25. The third-order valence-electron chi connectivity index (χ3n) is 4.31. The predicted molar refractivity (Wildman–Crippen MR) is 109 cm³/mol. The molecule has 27 heavy (non-hydrogen) atoms. The third kappa shape index (κ3) is 20.3. The van der Waals surface area contributed by atoms with Gasteiger partial charge >= 0.3 is 5.97 Å². The van der Waals surface area contributed by atoms with E-state index in [2.05, 4.69) is 24.4 Å². The van der Waals surface area contributed by atoms with Gasteiger partial charge in [-0.1, -0.05) is 70.4 Å². The number of aliphatic carboxylic acids is 1. The van der Waals surface area contributed by atoms with Crippen LogP contribution in [0.1, 0.15) is 96.8 Å². The number of carbonyl (C=O) groups is 3. The number of hydrogen-bond acceptors (Lipinski definition) is 3. The van der Waals surface area contributed by atoms with E-state index in [1.165, 1.54) is 51.4 Å². The van der Waals surface area contributed by atoms with E-state index in [9.17, 15) is 14.4 Å². The van der Waals surface area contributed by atoms with Crippen molar-refractivity contribution in [1.82, 2.24) is 5.32 Å². The van der Waals surface area contributed by atoms with Gasteiger partial charge in [-0.2, -0.15) is 0 Å². The highest BCUT2D eigenvalue weighted by atomic mass is 16.4. The maximum Gasteiger partial charge on any atom is 0.328 e. The topological polar surface area (TPSA) is 83.5 Å². The van der Waals surface area contributed by atoms with Crippen LogP contribution in [0, 0.1) is 0 Å². The number of hydrogen-bond donors (Lipinski definition) is 2. The predicted octanol–water partition coefficient (Wildman–Crippen LogP) is 5.31. The number of carboxylic acid groups (broad SMARTS) is 1. The molecule has 0 saturated carbocycles. The first-order valence-corrected chi connectivity index (χ1v) is 10.5. The number of carboxylic acids is 1. The van der Waals surface area contributed by atoms with Gasteiger partial charge in [0, 0.05) is 18.6 Å². The van der Waals surface area contributed by atoms with Gasteiger partial charge in [-0.3, -0.25) is 14.9 Å². The molecule has 0 bridgehead atoms. The fourth-order valence-corrected chi connectivity index (χ4v) is 2.74. The molecular formula is C22H37NO4. The van der Waals surface area contributed by atoms with Gasteiger partial charge < -0.3 is 5.11 Å². The van der Waals surface area contributed by atoms with E-state index in [0.29, 0.717) is 12.5 Å². The van der Waals surface area contributed by atoms with Crippen molar-refractivity contribution in [2.24, 2.45) is 0 Å². The number of amides is 2. The Kier molecular flexibility index (Phi) is 17.5. The molecule has 0 aliphatic heterocycles. The normalized spacial score (nSPS) is 11.3. The molecule has 0 radical (unpaired) electrons. The number of unbranched alkanes of at least 4 members (excludes halogenated alkanes) is 11. The molecule has 2 amide bonds. The van der Waals surface area contributed by atoms with Gasteiger partial charge in [0.1, 0.15) is 0 Å². The molecule has 154 valence electrons.